The monoisotopic (exact) mass is 265 g/mol. The van der Waals surface area contributed by atoms with Gasteiger partial charge in [0.2, 0.25) is 0 Å². The zero-order chi connectivity index (χ0) is 13.5. The predicted molar refractivity (Wildman–Crippen MR) is 74.8 cm³/mol. The van der Waals surface area contributed by atoms with Crippen molar-refractivity contribution in [1.82, 2.24) is 5.32 Å². The van der Waals surface area contributed by atoms with Crippen molar-refractivity contribution in [2.75, 3.05) is 34.0 Å². The van der Waals surface area contributed by atoms with Gasteiger partial charge >= 0.3 is 0 Å². The molecule has 4 nitrogen and oxygen atoms in total. The minimum absolute atomic E-state index is 0.610. The lowest BCUT2D eigenvalue weighted by molar-refractivity contribution is 0.0496. The molecule has 0 saturated carbocycles. The molecule has 0 aliphatic carbocycles. The first-order valence-electron chi connectivity index (χ1n) is 6.85. The van der Waals surface area contributed by atoms with E-state index in [-0.39, 0.29) is 0 Å². The smallest absolute Gasteiger partial charge is 0.124 e. The largest absolute Gasteiger partial charge is 0.497 e. The lowest BCUT2D eigenvalue weighted by Crippen LogP contribution is -2.22. The lowest BCUT2D eigenvalue weighted by atomic mass is 10.0. The normalized spacial score (nSPS) is 16.3. The first kappa shape index (κ1) is 14.2. The third kappa shape index (κ3) is 4.11. The number of rotatable bonds is 6. The maximum absolute atomic E-state index is 5.98. The van der Waals surface area contributed by atoms with Crippen LogP contribution in [0.5, 0.6) is 11.5 Å². The van der Waals surface area contributed by atoms with E-state index in [1.165, 1.54) is 0 Å². The van der Waals surface area contributed by atoms with Crippen molar-refractivity contribution < 1.29 is 14.2 Å². The Balaban J connectivity index is 1.97. The number of hydrogen-bond acceptors (Lipinski definition) is 4. The van der Waals surface area contributed by atoms with Crippen molar-refractivity contribution in [1.29, 1.82) is 0 Å². The van der Waals surface area contributed by atoms with Crippen molar-refractivity contribution in [3.8, 4) is 11.5 Å². The molecule has 0 radical (unpaired) electrons. The van der Waals surface area contributed by atoms with Crippen LogP contribution in [0.1, 0.15) is 18.4 Å². The summed E-state index contributed by atoms with van der Waals surface area (Å²) in [6.07, 6.45) is 2.19. The Morgan fingerprint density at radius 3 is 2.79 bits per heavy atom. The fourth-order valence-corrected chi connectivity index (χ4v) is 2.27. The molecule has 1 aromatic rings. The molecule has 0 unspecified atom stereocenters. The van der Waals surface area contributed by atoms with Crippen molar-refractivity contribution >= 4 is 0 Å². The van der Waals surface area contributed by atoms with Gasteiger partial charge in [-0.25, -0.2) is 0 Å². The van der Waals surface area contributed by atoms with Crippen LogP contribution in [0.4, 0.5) is 0 Å². The predicted octanol–water partition coefficient (Wildman–Crippen LogP) is 2.22. The molecule has 1 aliphatic heterocycles. The van der Waals surface area contributed by atoms with Gasteiger partial charge < -0.3 is 19.5 Å². The summed E-state index contributed by atoms with van der Waals surface area (Å²) in [5, 5.41) is 3.16. The highest BCUT2D eigenvalue weighted by Crippen LogP contribution is 2.25. The summed E-state index contributed by atoms with van der Waals surface area (Å²) in [5.74, 6) is 2.42. The standard InChI is InChI=1S/C15H23NO3/c1-16-10-13-9-14(17-2)3-4-15(13)19-11-12-5-7-18-8-6-12/h3-4,9,12,16H,5-8,10-11H2,1-2H3. The van der Waals surface area contributed by atoms with Crippen LogP contribution in [0.15, 0.2) is 18.2 Å². The highest BCUT2D eigenvalue weighted by Gasteiger charge is 2.15. The van der Waals surface area contributed by atoms with E-state index in [0.717, 1.165) is 56.3 Å². The van der Waals surface area contributed by atoms with Crippen LogP contribution < -0.4 is 14.8 Å². The summed E-state index contributed by atoms with van der Waals surface area (Å²) in [6.45, 7) is 3.27. The molecule has 1 fully saturated rings. The van der Waals surface area contributed by atoms with Gasteiger partial charge in [-0.05, 0) is 44.0 Å². The van der Waals surface area contributed by atoms with Gasteiger partial charge in [0.15, 0.2) is 0 Å². The van der Waals surface area contributed by atoms with Crippen molar-refractivity contribution in [3.05, 3.63) is 23.8 Å². The molecule has 4 heteroatoms. The van der Waals surface area contributed by atoms with Crippen LogP contribution >= 0.6 is 0 Å². The summed E-state index contributed by atoms with van der Waals surface area (Å²) >= 11 is 0. The number of ether oxygens (including phenoxy) is 3. The second-order valence-electron chi connectivity index (χ2n) is 4.87. The van der Waals surface area contributed by atoms with E-state index in [1.807, 2.05) is 25.2 Å². The van der Waals surface area contributed by atoms with E-state index >= 15 is 0 Å². The molecule has 1 saturated heterocycles. The molecule has 0 amide bonds. The molecule has 1 aromatic carbocycles. The Hall–Kier alpha value is -1.26. The second-order valence-corrected chi connectivity index (χ2v) is 4.87. The Labute approximate surface area is 115 Å². The number of benzene rings is 1. The Bertz CT molecular complexity index is 389. The number of nitrogens with one attached hydrogen (secondary N) is 1. The van der Waals surface area contributed by atoms with Gasteiger partial charge in [0.25, 0.3) is 0 Å². The highest BCUT2D eigenvalue weighted by molar-refractivity contribution is 5.40. The van der Waals surface area contributed by atoms with Crippen molar-refractivity contribution in [2.45, 2.75) is 19.4 Å². The number of hydrogen-bond donors (Lipinski definition) is 1. The van der Waals surface area contributed by atoms with Crippen molar-refractivity contribution in [3.63, 3.8) is 0 Å². The highest BCUT2D eigenvalue weighted by atomic mass is 16.5. The van der Waals surface area contributed by atoms with E-state index in [4.69, 9.17) is 14.2 Å². The third-order valence-corrected chi connectivity index (χ3v) is 3.45. The summed E-state index contributed by atoms with van der Waals surface area (Å²) in [4.78, 5) is 0. The van der Waals surface area contributed by atoms with Crippen LogP contribution in [0.2, 0.25) is 0 Å². The molecule has 0 spiro atoms. The number of methoxy groups -OCH3 is 1. The Morgan fingerprint density at radius 1 is 1.32 bits per heavy atom. The van der Waals surface area contributed by atoms with Gasteiger partial charge in [0, 0.05) is 25.3 Å². The topological polar surface area (TPSA) is 39.7 Å². The van der Waals surface area contributed by atoms with Crippen molar-refractivity contribution in [2.24, 2.45) is 5.92 Å². The SMILES string of the molecule is CNCc1cc(OC)ccc1OCC1CCOCC1. The zero-order valence-corrected chi connectivity index (χ0v) is 11.8. The molecule has 1 aliphatic rings. The lowest BCUT2D eigenvalue weighted by Gasteiger charge is -2.23. The Morgan fingerprint density at radius 2 is 2.11 bits per heavy atom. The molecular formula is C15H23NO3. The van der Waals surface area contributed by atoms with Gasteiger partial charge in [0.1, 0.15) is 11.5 Å². The van der Waals surface area contributed by atoms with E-state index in [9.17, 15) is 0 Å². The summed E-state index contributed by atoms with van der Waals surface area (Å²) in [7, 11) is 3.61. The van der Waals surface area contributed by atoms with Gasteiger partial charge in [-0.15, -0.1) is 0 Å². The molecule has 2 rings (SSSR count). The Kier molecular flexibility index (Phi) is 5.48. The molecule has 1 N–H and O–H groups in total. The van der Waals surface area contributed by atoms with Crippen LogP contribution in [0.25, 0.3) is 0 Å². The second kappa shape index (κ2) is 7.36. The molecule has 106 valence electrons. The first-order chi connectivity index (χ1) is 9.33. The van der Waals surface area contributed by atoms with Gasteiger partial charge in [-0.2, -0.15) is 0 Å². The first-order valence-corrected chi connectivity index (χ1v) is 6.85. The minimum Gasteiger partial charge on any atom is -0.497 e. The zero-order valence-electron chi connectivity index (χ0n) is 11.8. The molecule has 1 heterocycles. The average Bonchev–Trinajstić information content (AvgIpc) is 2.47. The molecular weight excluding hydrogens is 242 g/mol. The summed E-state index contributed by atoms with van der Waals surface area (Å²) in [5.41, 5.74) is 1.13. The maximum Gasteiger partial charge on any atom is 0.124 e. The molecule has 0 atom stereocenters. The van der Waals surface area contributed by atoms with Crippen LogP contribution in [0, 0.1) is 5.92 Å². The van der Waals surface area contributed by atoms with Crippen LogP contribution in [0.3, 0.4) is 0 Å². The molecule has 0 aromatic heterocycles. The molecule has 19 heavy (non-hydrogen) atoms. The fourth-order valence-electron chi connectivity index (χ4n) is 2.27. The minimum atomic E-state index is 0.610. The van der Waals surface area contributed by atoms with Gasteiger partial charge in [-0.3, -0.25) is 0 Å². The van der Waals surface area contributed by atoms with Gasteiger partial charge in [0.05, 0.1) is 13.7 Å². The quantitative estimate of drug-likeness (QED) is 0.856. The van der Waals surface area contributed by atoms with E-state index < -0.39 is 0 Å². The summed E-state index contributed by atoms with van der Waals surface area (Å²) in [6, 6.07) is 5.96. The van der Waals surface area contributed by atoms with E-state index in [0.29, 0.717) is 5.92 Å². The van der Waals surface area contributed by atoms with E-state index in [2.05, 4.69) is 5.32 Å². The van der Waals surface area contributed by atoms with E-state index in [1.54, 1.807) is 7.11 Å². The maximum atomic E-state index is 5.98. The third-order valence-electron chi connectivity index (χ3n) is 3.45. The van der Waals surface area contributed by atoms with Crippen LogP contribution in [-0.4, -0.2) is 34.0 Å². The average molecular weight is 265 g/mol. The van der Waals surface area contributed by atoms with Crippen LogP contribution in [-0.2, 0) is 11.3 Å². The summed E-state index contributed by atoms with van der Waals surface area (Å²) < 4.78 is 16.6. The van der Waals surface area contributed by atoms with Gasteiger partial charge in [-0.1, -0.05) is 0 Å². The fraction of sp³-hybridized carbons (Fsp3) is 0.600. The molecule has 0 bridgehead atoms.